The Bertz CT molecular complexity index is 1150. The molecule has 0 aliphatic carbocycles. The first-order valence-electron chi connectivity index (χ1n) is 11.0. The molecule has 0 amide bonds. The maximum Gasteiger partial charge on any atom is 0.228 e. The van der Waals surface area contributed by atoms with Crippen molar-refractivity contribution in [1.82, 2.24) is 19.7 Å². The van der Waals surface area contributed by atoms with Crippen molar-refractivity contribution in [1.29, 1.82) is 0 Å². The molecule has 3 aromatic rings. The molecule has 0 aliphatic heterocycles. The number of aliphatic hydroxyl groups is 1. The number of aromatic amines is 1. The molecule has 2 heterocycles. The molecule has 1 aromatic carbocycles. The van der Waals surface area contributed by atoms with Crippen LogP contribution in [-0.4, -0.2) is 47.7 Å². The second-order valence-electron chi connectivity index (χ2n) is 9.01. The van der Waals surface area contributed by atoms with E-state index >= 15 is 0 Å². The van der Waals surface area contributed by atoms with Gasteiger partial charge in [0.05, 0.1) is 23.9 Å². The van der Waals surface area contributed by atoms with E-state index in [2.05, 4.69) is 47.8 Å². The molecule has 0 spiro atoms. The number of fused-ring (bicyclic) bond motifs is 1. The summed E-state index contributed by atoms with van der Waals surface area (Å²) < 4.78 is 2.07. The van der Waals surface area contributed by atoms with E-state index in [1.807, 2.05) is 13.8 Å². The molecule has 0 saturated carbocycles. The molecule has 2 aromatic heterocycles. The Morgan fingerprint density at radius 1 is 1.09 bits per heavy atom. The van der Waals surface area contributed by atoms with E-state index in [4.69, 9.17) is 9.98 Å². The van der Waals surface area contributed by atoms with Crippen molar-refractivity contribution in [2.24, 2.45) is 10.9 Å². The third-order valence-electron chi connectivity index (χ3n) is 5.49. The van der Waals surface area contributed by atoms with Crippen LogP contribution < -0.4 is 10.9 Å². The van der Waals surface area contributed by atoms with E-state index in [0.717, 1.165) is 16.8 Å². The highest BCUT2D eigenvalue weighted by Gasteiger charge is 2.21. The number of benzene rings is 1. The number of H-pyrrole nitrogens is 1. The van der Waals surface area contributed by atoms with Crippen LogP contribution in [0.15, 0.2) is 23.2 Å². The standard InChI is InChI=1S/C23H34N6O3/c1-12(2)16(11-30)25-23-26-22(24-10-15-7-8-17(31)18(32)9-15)20-21(29(23)14(5)6)19(13(3)4)27-28-20/h7-9,12-14,16,30-32H,10-11H2,1-6H3,(H,27,28)(H,24,25,26). The normalized spacial score (nSPS) is 13.6. The number of aromatic hydroxyl groups is 2. The predicted molar refractivity (Wildman–Crippen MR) is 125 cm³/mol. The molecule has 32 heavy (non-hydrogen) atoms. The zero-order valence-electron chi connectivity index (χ0n) is 19.6. The quantitative estimate of drug-likeness (QED) is 0.340. The van der Waals surface area contributed by atoms with Crippen LogP contribution in [0.2, 0.25) is 0 Å². The van der Waals surface area contributed by atoms with Gasteiger partial charge in [0.2, 0.25) is 5.62 Å². The lowest BCUT2D eigenvalue weighted by molar-refractivity contribution is 0.235. The first-order chi connectivity index (χ1) is 15.1. The molecule has 5 N–H and O–H groups in total. The van der Waals surface area contributed by atoms with Gasteiger partial charge >= 0.3 is 0 Å². The van der Waals surface area contributed by atoms with Gasteiger partial charge in [-0.1, -0.05) is 33.8 Å². The average Bonchev–Trinajstić information content (AvgIpc) is 3.17. The van der Waals surface area contributed by atoms with E-state index in [0.29, 0.717) is 23.5 Å². The molecule has 1 atom stereocenters. The number of phenolic OH excluding ortho intramolecular Hbond substituents is 2. The van der Waals surface area contributed by atoms with Gasteiger partial charge in [-0.05, 0) is 43.4 Å². The van der Waals surface area contributed by atoms with Crippen molar-refractivity contribution >= 4 is 16.9 Å². The Kier molecular flexibility index (Phi) is 7.08. The summed E-state index contributed by atoms with van der Waals surface area (Å²) in [5, 5.41) is 40.3. The predicted octanol–water partition coefficient (Wildman–Crippen LogP) is 3.40. The summed E-state index contributed by atoms with van der Waals surface area (Å²) in [6.07, 6.45) is 0. The van der Waals surface area contributed by atoms with E-state index in [-0.39, 0.29) is 42.0 Å². The topological polar surface area (TPSA) is 132 Å². The van der Waals surface area contributed by atoms with Crippen LogP contribution in [0.3, 0.4) is 0 Å². The molecule has 0 aliphatic rings. The van der Waals surface area contributed by atoms with Gasteiger partial charge in [0.25, 0.3) is 0 Å². The Labute approximate surface area is 187 Å². The molecule has 0 saturated heterocycles. The van der Waals surface area contributed by atoms with Crippen molar-refractivity contribution < 1.29 is 15.3 Å². The molecule has 0 fully saturated rings. The fraction of sp³-hybridized carbons (Fsp3) is 0.522. The summed E-state index contributed by atoms with van der Waals surface area (Å²) in [5.41, 5.74) is 3.93. The summed E-state index contributed by atoms with van der Waals surface area (Å²) in [6, 6.07) is 4.49. The first kappa shape index (κ1) is 23.6. The lowest BCUT2D eigenvalue weighted by Crippen LogP contribution is -2.32. The van der Waals surface area contributed by atoms with Gasteiger partial charge in [-0.2, -0.15) is 10.1 Å². The minimum absolute atomic E-state index is 0.0621. The third-order valence-corrected chi connectivity index (χ3v) is 5.49. The average molecular weight is 443 g/mol. The maximum atomic E-state index is 9.86. The van der Waals surface area contributed by atoms with Crippen molar-refractivity contribution in [2.45, 2.75) is 66.1 Å². The Morgan fingerprint density at radius 3 is 2.38 bits per heavy atom. The van der Waals surface area contributed by atoms with Gasteiger partial charge in [0.15, 0.2) is 22.8 Å². The molecular formula is C23H34N6O3. The second kappa shape index (κ2) is 9.60. The van der Waals surface area contributed by atoms with Crippen LogP contribution in [0, 0.1) is 5.92 Å². The van der Waals surface area contributed by atoms with Crippen molar-refractivity contribution in [3.8, 4) is 11.5 Å². The lowest BCUT2D eigenvalue weighted by Gasteiger charge is -2.19. The number of aliphatic hydroxyl groups excluding tert-OH is 1. The van der Waals surface area contributed by atoms with Crippen LogP contribution in [0.25, 0.3) is 11.0 Å². The number of hydrogen-bond donors (Lipinski definition) is 5. The summed E-state index contributed by atoms with van der Waals surface area (Å²) in [7, 11) is 0. The van der Waals surface area contributed by atoms with Gasteiger partial charge in [-0.25, -0.2) is 4.99 Å². The number of anilines is 1. The number of hydrogen-bond acceptors (Lipinski definition) is 7. The van der Waals surface area contributed by atoms with Crippen LogP contribution in [0.4, 0.5) is 5.82 Å². The fourth-order valence-electron chi connectivity index (χ4n) is 3.59. The second-order valence-corrected chi connectivity index (χ2v) is 9.01. The SMILES string of the molecule is CC(C)c1[nH]nc2c(NCc3ccc(O)c(O)c3)nc(=NC(CO)C(C)C)n(C(C)C)c12. The number of nitrogens with one attached hydrogen (secondary N) is 2. The van der Waals surface area contributed by atoms with E-state index in [9.17, 15) is 15.3 Å². The fourth-order valence-corrected chi connectivity index (χ4v) is 3.59. The van der Waals surface area contributed by atoms with Crippen LogP contribution >= 0.6 is 0 Å². The Balaban J connectivity index is 2.20. The van der Waals surface area contributed by atoms with E-state index in [1.54, 1.807) is 6.07 Å². The lowest BCUT2D eigenvalue weighted by atomic mass is 10.1. The molecule has 9 nitrogen and oxygen atoms in total. The van der Waals surface area contributed by atoms with Crippen molar-refractivity contribution in [3.05, 3.63) is 35.1 Å². The smallest absolute Gasteiger partial charge is 0.228 e. The summed E-state index contributed by atoms with van der Waals surface area (Å²) in [5.74, 6) is 0.593. The molecular weight excluding hydrogens is 408 g/mol. The molecule has 9 heteroatoms. The minimum atomic E-state index is -0.277. The molecule has 0 bridgehead atoms. The van der Waals surface area contributed by atoms with Crippen LogP contribution in [0.5, 0.6) is 11.5 Å². The summed E-state index contributed by atoms with van der Waals surface area (Å²) in [6.45, 7) is 12.7. The van der Waals surface area contributed by atoms with E-state index in [1.165, 1.54) is 12.1 Å². The molecule has 174 valence electrons. The summed E-state index contributed by atoms with van der Waals surface area (Å²) >= 11 is 0. The highest BCUT2D eigenvalue weighted by atomic mass is 16.3. The number of phenols is 2. The van der Waals surface area contributed by atoms with Crippen LogP contribution in [-0.2, 0) is 6.54 Å². The van der Waals surface area contributed by atoms with Crippen LogP contribution in [0.1, 0.15) is 64.8 Å². The molecule has 1 unspecified atom stereocenters. The highest BCUT2D eigenvalue weighted by molar-refractivity contribution is 5.87. The number of rotatable bonds is 8. The number of aromatic nitrogens is 4. The first-order valence-corrected chi connectivity index (χ1v) is 11.0. The van der Waals surface area contributed by atoms with Gasteiger partial charge in [-0.3, -0.25) is 5.10 Å². The zero-order valence-corrected chi connectivity index (χ0v) is 19.6. The van der Waals surface area contributed by atoms with Gasteiger partial charge < -0.3 is 25.2 Å². The Morgan fingerprint density at radius 2 is 1.81 bits per heavy atom. The monoisotopic (exact) mass is 442 g/mol. The van der Waals surface area contributed by atoms with Gasteiger partial charge in [-0.15, -0.1) is 0 Å². The minimum Gasteiger partial charge on any atom is -0.504 e. The van der Waals surface area contributed by atoms with Gasteiger partial charge in [0.1, 0.15) is 0 Å². The zero-order chi connectivity index (χ0) is 23.6. The number of nitrogens with zero attached hydrogens (tertiary/aromatic N) is 4. The largest absolute Gasteiger partial charge is 0.504 e. The van der Waals surface area contributed by atoms with Gasteiger partial charge in [0, 0.05) is 12.6 Å². The summed E-state index contributed by atoms with van der Waals surface area (Å²) in [4.78, 5) is 9.62. The third kappa shape index (κ3) is 4.72. The van der Waals surface area contributed by atoms with Crippen molar-refractivity contribution in [2.75, 3.05) is 11.9 Å². The molecule has 0 radical (unpaired) electrons. The Hall–Kier alpha value is -3.07. The van der Waals surface area contributed by atoms with Crippen molar-refractivity contribution in [3.63, 3.8) is 0 Å². The van der Waals surface area contributed by atoms with E-state index < -0.39 is 0 Å². The highest BCUT2D eigenvalue weighted by Crippen LogP contribution is 2.29. The molecule has 3 rings (SSSR count). The maximum absolute atomic E-state index is 9.86.